The van der Waals surface area contributed by atoms with Crippen molar-refractivity contribution < 1.29 is 4.39 Å². The van der Waals surface area contributed by atoms with Crippen molar-refractivity contribution in [3.8, 4) is 0 Å². The third kappa shape index (κ3) is 3.58. The van der Waals surface area contributed by atoms with Crippen molar-refractivity contribution in [3.05, 3.63) is 53.5 Å². The van der Waals surface area contributed by atoms with Gasteiger partial charge in [0, 0.05) is 19.3 Å². The summed E-state index contributed by atoms with van der Waals surface area (Å²) in [7, 11) is 0. The number of anilines is 2. The summed E-state index contributed by atoms with van der Waals surface area (Å²) in [6.45, 7) is 8.49. The molecule has 1 N–H and O–H groups in total. The van der Waals surface area contributed by atoms with Crippen LogP contribution in [0, 0.1) is 12.7 Å². The first-order chi connectivity index (χ1) is 10.2. The van der Waals surface area contributed by atoms with Gasteiger partial charge < -0.3 is 10.2 Å². The molecular formula is C17H22FN3. The molecule has 0 fully saturated rings. The van der Waals surface area contributed by atoms with Crippen LogP contribution in [0.4, 0.5) is 15.9 Å². The number of aryl methyl sites for hydroxylation is 1. The number of nitrogens with zero attached hydrogens (tertiary/aromatic N) is 2. The van der Waals surface area contributed by atoms with Gasteiger partial charge >= 0.3 is 0 Å². The van der Waals surface area contributed by atoms with Crippen LogP contribution in [0.5, 0.6) is 0 Å². The van der Waals surface area contributed by atoms with Gasteiger partial charge in [-0.05, 0) is 49.7 Å². The van der Waals surface area contributed by atoms with E-state index >= 15 is 0 Å². The fourth-order valence-corrected chi connectivity index (χ4v) is 2.38. The lowest BCUT2D eigenvalue weighted by Crippen LogP contribution is -2.20. The number of halogens is 1. The molecule has 0 radical (unpaired) electrons. The second-order valence-electron chi connectivity index (χ2n) is 4.96. The van der Waals surface area contributed by atoms with Crippen molar-refractivity contribution in [1.29, 1.82) is 0 Å². The second-order valence-corrected chi connectivity index (χ2v) is 4.96. The molecule has 0 saturated heterocycles. The van der Waals surface area contributed by atoms with Crippen LogP contribution in [0.15, 0.2) is 36.5 Å². The molecule has 0 saturated carbocycles. The predicted octanol–water partition coefficient (Wildman–Crippen LogP) is 3.80. The summed E-state index contributed by atoms with van der Waals surface area (Å²) in [4.78, 5) is 6.44. The monoisotopic (exact) mass is 287 g/mol. The summed E-state index contributed by atoms with van der Waals surface area (Å²) >= 11 is 0. The number of pyridine rings is 1. The number of para-hydroxylation sites is 1. The fraction of sp³-hybridized carbons (Fsp3) is 0.353. The molecule has 0 amide bonds. The van der Waals surface area contributed by atoms with Crippen LogP contribution >= 0.6 is 0 Å². The zero-order chi connectivity index (χ0) is 15.2. The molecule has 2 aromatic rings. The highest BCUT2D eigenvalue weighted by atomic mass is 19.1. The van der Waals surface area contributed by atoms with E-state index in [1.807, 2.05) is 31.0 Å². The molecule has 21 heavy (non-hydrogen) atoms. The van der Waals surface area contributed by atoms with E-state index in [4.69, 9.17) is 0 Å². The molecule has 1 aromatic carbocycles. The fourth-order valence-electron chi connectivity index (χ4n) is 2.38. The van der Waals surface area contributed by atoms with Crippen LogP contribution in [0.2, 0.25) is 0 Å². The van der Waals surface area contributed by atoms with Gasteiger partial charge in [-0.2, -0.15) is 0 Å². The average Bonchev–Trinajstić information content (AvgIpc) is 2.49. The van der Waals surface area contributed by atoms with Crippen molar-refractivity contribution in [2.45, 2.75) is 27.3 Å². The number of rotatable bonds is 6. The minimum absolute atomic E-state index is 0.225. The number of aromatic nitrogens is 1. The molecule has 0 aliphatic heterocycles. The van der Waals surface area contributed by atoms with Crippen LogP contribution < -0.4 is 10.2 Å². The summed E-state index contributed by atoms with van der Waals surface area (Å²) in [5.41, 5.74) is 2.76. The van der Waals surface area contributed by atoms with Gasteiger partial charge in [0.2, 0.25) is 0 Å². The van der Waals surface area contributed by atoms with Crippen molar-refractivity contribution in [3.63, 3.8) is 0 Å². The second kappa shape index (κ2) is 7.18. The standard InChI is InChI=1S/C17H22FN3/c1-4-19-11-14-10-13(3)17(20-12-14)21(5-2)16-9-7-6-8-15(16)18/h6-10,12,19H,4-5,11H2,1-3H3. The van der Waals surface area contributed by atoms with Gasteiger partial charge in [0.25, 0.3) is 0 Å². The van der Waals surface area contributed by atoms with E-state index in [9.17, 15) is 4.39 Å². The molecule has 0 aliphatic carbocycles. The Kier molecular flexibility index (Phi) is 5.28. The predicted molar refractivity (Wildman–Crippen MR) is 85.4 cm³/mol. The molecule has 1 aromatic heterocycles. The van der Waals surface area contributed by atoms with Crippen LogP contribution in [0.1, 0.15) is 25.0 Å². The Labute approximate surface area is 125 Å². The summed E-state index contributed by atoms with van der Waals surface area (Å²) < 4.78 is 14.0. The van der Waals surface area contributed by atoms with E-state index in [0.29, 0.717) is 12.2 Å². The van der Waals surface area contributed by atoms with Crippen molar-refractivity contribution in [1.82, 2.24) is 10.3 Å². The first-order valence-electron chi connectivity index (χ1n) is 7.35. The molecule has 2 rings (SSSR count). The maximum atomic E-state index is 14.0. The van der Waals surface area contributed by atoms with Gasteiger partial charge in [-0.1, -0.05) is 19.1 Å². The summed E-state index contributed by atoms with van der Waals surface area (Å²) in [5.74, 6) is 0.583. The number of nitrogens with one attached hydrogen (secondary N) is 1. The van der Waals surface area contributed by atoms with Gasteiger partial charge in [0.15, 0.2) is 0 Å². The largest absolute Gasteiger partial charge is 0.324 e. The lowest BCUT2D eigenvalue weighted by Gasteiger charge is -2.24. The average molecular weight is 287 g/mol. The number of benzene rings is 1. The molecule has 112 valence electrons. The highest BCUT2D eigenvalue weighted by molar-refractivity contribution is 5.63. The quantitative estimate of drug-likeness (QED) is 0.876. The van der Waals surface area contributed by atoms with E-state index in [-0.39, 0.29) is 5.82 Å². The normalized spacial score (nSPS) is 10.7. The molecule has 0 aliphatic rings. The molecule has 4 heteroatoms. The van der Waals surface area contributed by atoms with Crippen molar-refractivity contribution >= 4 is 11.5 Å². The lowest BCUT2D eigenvalue weighted by molar-refractivity contribution is 0.625. The number of hydrogen-bond acceptors (Lipinski definition) is 3. The molecule has 0 bridgehead atoms. The minimum Gasteiger partial charge on any atom is -0.324 e. The highest BCUT2D eigenvalue weighted by Gasteiger charge is 2.15. The van der Waals surface area contributed by atoms with Crippen LogP contribution in [-0.2, 0) is 6.54 Å². The Bertz CT molecular complexity index is 598. The first kappa shape index (κ1) is 15.4. The molecule has 0 unspecified atom stereocenters. The Hall–Kier alpha value is -1.94. The summed E-state index contributed by atoms with van der Waals surface area (Å²) in [5, 5.41) is 3.28. The third-order valence-corrected chi connectivity index (χ3v) is 3.40. The Morgan fingerprint density at radius 2 is 2.00 bits per heavy atom. The van der Waals surface area contributed by atoms with Gasteiger partial charge in [-0.15, -0.1) is 0 Å². The van der Waals surface area contributed by atoms with Crippen LogP contribution in [0.3, 0.4) is 0 Å². The van der Waals surface area contributed by atoms with Gasteiger partial charge in [0.05, 0.1) is 5.69 Å². The maximum Gasteiger partial charge on any atom is 0.146 e. The molecule has 0 spiro atoms. The summed E-state index contributed by atoms with van der Waals surface area (Å²) in [6.07, 6.45) is 1.86. The minimum atomic E-state index is -0.225. The van der Waals surface area contributed by atoms with E-state index in [0.717, 1.165) is 30.0 Å². The molecule has 3 nitrogen and oxygen atoms in total. The van der Waals surface area contributed by atoms with E-state index < -0.39 is 0 Å². The maximum absolute atomic E-state index is 14.0. The van der Waals surface area contributed by atoms with Crippen molar-refractivity contribution in [2.75, 3.05) is 18.0 Å². The zero-order valence-electron chi connectivity index (χ0n) is 12.9. The Morgan fingerprint density at radius 1 is 1.24 bits per heavy atom. The highest BCUT2D eigenvalue weighted by Crippen LogP contribution is 2.28. The third-order valence-electron chi connectivity index (χ3n) is 3.40. The topological polar surface area (TPSA) is 28.2 Å². The molecule has 1 heterocycles. The smallest absolute Gasteiger partial charge is 0.146 e. The zero-order valence-corrected chi connectivity index (χ0v) is 12.9. The van der Waals surface area contributed by atoms with Crippen LogP contribution in [-0.4, -0.2) is 18.1 Å². The first-order valence-corrected chi connectivity index (χ1v) is 7.35. The van der Waals surface area contributed by atoms with Crippen molar-refractivity contribution in [2.24, 2.45) is 0 Å². The number of hydrogen-bond donors (Lipinski definition) is 1. The van der Waals surface area contributed by atoms with Gasteiger partial charge in [0.1, 0.15) is 11.6 Å². The summed E-state index contributed by atoms with van der Waals surface area (Å²) in [6, 6.07) is 8.91. The molecule has 0 atom stereocenters. The SMILES string of the molecule is CCNCc1cnc(N(CC)c2ccccc2F)c(C)c1. The van der Waals surface area contributed by atoms with Gasteiger partial charge in [-0.25, -0.2) is 9.37 Å². The van der Waals surface area contributed by atoms with Gasteiger partial charge in [-0.3, -0.25) is 0 Å². The van der Waals surface area contributed by atoms with Crippen LogP contribution in [0.25, 0.3) is 0 Å². The lowest BCUT2D eigenvalue weighted by atomic mass is 10.1. The Morgan fingerprint density at radius 3 is 2.62 bits per heavy atom. The van der Waals surface area contributed by atoms with E-state index in [2.05, 4.69) is 23.3 Å². The van der Waals surface area contributed by atoms with E-state index in [1.54, 1.807) is 12.1 Å². The van der Waals surface area contributed by atoms with E-state index in [1.165, 1.54) is 6.07 Å². The Balaban J connectivity index is 2.33. The molecular weight excluding hydrogens is 265 g/mol.